The van der Waals surface area contributed by atoms with Gasteiger partial charge in [-0.05, 0) is 18.8 Å². The van der Waals surface area contributed by atoms with Crippen LogP contribution in [0.1, 0.15) is 58.8 Å². The van der Waals surface area contributed by atoms with Gasteiger partial charge in [-0.15, -0.1) is 0 Å². The normalized spacial score (nSPS) is 11.6. The van der Waals surface area contributed by atoms with E-state index < -0.39 is 0 Å². The lowest BCUT2D eigenvalue weighted by molar-refractivity contribution is 0.546. The summed E-state index contributed by atoms with van der Waals surface area (Å²) in [6.45, 7) is 17.5. The minimum absolute atomic E-state index is 0.330. The third kappa shape index (κ3) is 4.87. The number of nitrogens with one attached hydrogen (secondary N) is 1. The molecule has 0 amide bonds. The predicted molar refractivity (Wildman–Crippen MR) is 92.3 cm³/mol. The first-order chi connectivity index (χ1) is 9.76. The Kier molecular flexibility index (Phi) is 6.43. The van der Waals surface area contributed by atoms with E-state index in [1.54, 1.807) is 0 Å². The fourth-order valence-corrected chi connectivity index (χ4v) is 2.46. The fourth-order valence-electron chi connectivity index (χ4n) is 2.46. The number of anilines is 2. The lowest BCUT2D eigenvalue weighted by atomic mass is 10.1. The predicted octanol–water partition coefficient (Wildman–Crippen LogP) is 4.07. The molecule has 21 heavy (non-hydrogen) atoms. The highest BCUT2D eigenvalue weighted by atomic mass is 15.2. The molecule has 0 aliphatic rings. The summed E-state index contributed by atoms with van der Waals surface area (Å²) in [7, 11) is 1.93. The second kappa shape index (κ2) is 7.62. The Morgan fingerprint density at radius 3 is 1.86 bits per heavy atom. The van der Waals surface area contributed by atoms with Crippen LogP contribution < -0.4 is 10.2 Å². The van der Waals surface area contributed by atoms with Crippen molar-refractivity contribution in [1.29, 1.82) is 0 Å². The fraction of sp³-hybridized carbons (Fsp3) is 0.765. The van der Waals surface area contributed by atoms with Gasteiger partial charge in [0, 0.05) is 31.6 Å². The molecule has 1 heterocycles. The van der Waals surface area contributed by atoms with E-state index in [9.17, 15) is 0 Å². The topological polar surface area (TPSA) is 41.1 Å². The van der Waals surface area contributed by atoms with Crippen LogP contribution in [-0.4, -0.2) is 30.1 Å². The molecule has 0 radical (unpaired) electrons. The smallest absolute Gasteiger partial charge is 0.137 e. The molecule has 1 N–H and O–H groups in total. The van der Waals surface area contributed by atoms with E-state index in [0.29, 0.717) is 17.8 Å². The molecule has 4 nitrogen and oxygen atoms in total. The minimum atomic E-state index is 0.330. The van der Waals surface area contributed by atoms with Gasteiger partial charge in [0.1, 0.15) is 17.5 Å². The standard InChI is InChI=1S/C17H32N4/c1-11(2)9-21(10-12(3)4)17-14(7)16(18-8)19-15(20-17)13(5)6/h11-13H,9-10H2,1-8H3,(H,18,19,20). The Labute approximate surface area is 130 Å². The van der Waals surface area contributed by atoms with Crippen molar-refractivity contribution in [2.24, 2.45) is 11.8 Å². The van der Waals surface area contributed by atoms with Gasteiger partial charge >= 0.3 is 0 Å². The van der Waals surface area contributed by atoms with E-state index in [0.717, 1.165) is 36.1 Å². The maximum atomic E-state index is 4.86. The van der Waals surface area contributed by atoms with Crippen molar-refractivity contribution in [1.82, 2.24) is 9.97 Å². The summed E-state index contributed by atoms with van der Waals surface area (Å²) < 4.78 is 0. The molecular weight excluding hydrogens is 260 g/mol. The quantitative estimate of drug-likeness (QED) is 0.822. The molecule has 4 heteroatoms. The van der Waals surface area contributed by atoms with Gasteiger partial charge in [0.25, 0.3) is 0 Å². The summed E-state index contributed by atoms with van der Waals surface area (Å²) >= 11 is 0. The molecule has 0 aromatic carbocycles. The van der Waals surface area contributed by atoms with Gasteiger partial charge in [-0.1, -0.05) is 41.5 Å². The van der Waals surface area contributed by atoms with Crippen molar-refractivity contribution < 1.29 is 0 Å². The van der Waals surface area contributed by atoms with Crippen LogP contribution in [0.2, 0.25) is 0 Å². The van der Waals surface area contributed by atoms with Crippen molar-refractivity contribution in [2.75, 3.05) is 30.4 Å². The van der Waals surface area contributed by atoms with Crippen molar-refractivity contribution in [2.45, 2.75) is 54.4 Å². The maximum Gasteiger partial charge on any atom is 0.137 e. The van der Waals surface area contributed by atoms with Crippen molar-refractivity contribution in [3.05, 3.63) is 11.4 Å². The zero-order valence-corrected chi connectivity index (χ0v) is 15.0. The minimum Gasteiger partial charge on any atom is -0.373 e. The molecule has 0 atom stereocenters. The van der Waals surface area contributed by atoms with Gasteiger partial charge in [-0.3, -0.25) is 0 Å². The van der Waals surface area contributed by atoms with Crippen LogP contribution in [0.25, 0.3) is 0 Å². The molecule has 0 saturated carbocycles. The van der Waals surface area contributed by atoms with Crippen LogP contribution >= 0.6 is 0 Å². The van der Waals surface area contributed by atoms with Crippen LogP contribution in [0.4, 0.5) is 11.6 Å². The SMILES string of the molecule is CNc1nc(C(C)C)nc(N(CC(C)C)CC(C)C)c1C. The van der Waals surface area contributed by atoms with Gasteiger partial charge in [0.15, 0.2) is 0 Å². The van der Waals surface area contributed by atoms with Gasteiger partial charge < -0.3 is 10.2 Å². The molecule has 1 rings (SSSR count). The Morgan fingerprint density at radius 2 is 1.48 bits per heavy atom. The summed E-state index contributed by atoms with van der Waals surface area (Å²) in [5.74, 6) is 4.49. The average Bonchev–Trinajstić information content (AvgIpc) is 2.36. The molecular formula is C17H32N4. The summed E-state index contributed by atoms with van der Waals surface area (Å²) in [6.07, 6.45) is 0. The largest absolute Gasteiger partial charge is 0.373 e. The van der Waals surface area contributed by atoms with Gasteiger partial charge in [0.05, 0.1) is 0 Å². The molecule has 0 aliphatic heterocycles. The van der Waals surface area contributed by atoms with Gasteiger partial charge in [0.2, 0.25) is 0 Å². The first-order valence-corrected chi connectivity index (χ1v) is 8.07. The summed E-state index contributed by atoms with van der Waals surface area (Å²) in [5.41, 5.74) is 1.14. The molecule has 0 spiro atoms. The number of aromatic nitrogens is 2. The molecule has 0 bridgehead atoms. The van der Waals surface area contributed by atoms with E-state index >= 15 is 0 Å². The second-order valence-electron chi connectivity index (χ2n) is 6.98. The van der Waals surface area contributed by atoms with Crippen LogP contribution in [0, 0.1) is 18.8 Å². The Balaban J connectivity index is 3.30. The zero-order valence-electron chi connectivity index (χ0n) is 15.0. The number of rotatable bonds is 7. The highest BCUT2D eigenvalue weighted by Gasteiger charge is 2.19. The van der Waals surface area contributed by atoms with E-state index in [4.69, 9.17) is 4.98 Å². The first-order valence-electron chi connectivity index (χ1n) is 8.07. The lowest BCUT2D eigenvalue weighted by Crippen LogP contribution is -2.33. The molecule has 1 aromatic rings. The lowest BCUT2D eigenvalue weighted by Gasteiger charge is -2.30. The van der Waals surface area contributed by atoms with Crippen molar-refractivity contribution in [3.8, 4) is 0 Å². The van der Waals surface area contributed by atoms with E-state index in [1.807, 2.05) is 7.05 Å². The number of hydrogen-bond donors (Lipinski definition) is 1. The van der Waals surface area contributed by atoms with E-state index in [-0.39, 0.29) is 0 Å². The Bertz CT molecular complexity index is 442. The number of nitrogens with zero attached hydrogens (tertiary/aromatic N) is 3. The zero-order chi connectivity index (χ0) is 16.2. The van der Waals surface area contributed by atoms with Crippen LogP contribution in [0.3, 0.4) is 0 Å². The second-order valence-corrected chi connectivity index (χ2v) is 6.98. The van der Waals surface area contributed by atoms with Gasteiger partial charge in [-0.2, -0.15) is 0 Å². The first kappa shape index (κ1) is 17.7. The molecule has 0 unspecified atom stereocenters. The Morgan fingerprint density at radius 1 is 0.952 bits per heavy atom. The van der Waals surface area contributed by atoms with E-state index in [2.05, 4.69) is 63.7 Å². The van der Waals surface area contributed by atoms with Crippen molar-refractivity contribution in [3.63, 3.8) is 0 Å². The van der Waals surface area contributed by atoms with Crippen LogP contribution in [-0.2, 0) is 0 Å². The number of hydrogen-bond acceptors (Lipinski definition) is 4. The highest BCUT2D eigenvalue weighted by Crippen LogP contribution is 2.27. The average molecular weight is 292 g/mol. The Hall–Kier alpha value is -1.32. The molecule has 0 saturated heterocycles. The monoisotopic (exact) mass is 292 g/mol. The molecule has 120 valence electrons. The van der Waals surface area contributed by atoms with Gasteiger partial charge in [-0.25, -0.2) is 9.97 Å². The van der Waals surface area contributed by atoms with Crippen LogP contribution in [0.15, 0.2) is 0 Å². The van der Waals surface area contributed by atoms with Crippen LogP contribution in [0.5, 0.6) is 0 Å². The molecule has 1 aromatic heterocycles. The maximum absolute atomic E-state index is 4.86. The summed E-state index contributed by atoms with van der Waals surface area (Å²) in [6, 6.07) is 0. The molecule has 0 aliphatic carbocycles. The summed E-state index contributed by atoms with van der Waals surface area (Å²) in [5, 5.41) is 3.21. The third-order valence-electron chi connectivity index (χ3n) is 3.36. The highest BCUT2D eigenvalue weighted by molar-refractivity contribution is 5.58. The van der Waals surface area contributed by atoms with Crippen molar-refractivity contribution >= 4 is 11.6 Å². The van der Waals surface area contributed by atoms with E-state index in [1.165, 1.54) is 0 Å². The summed E-state index contributed by atoms with van der Waals surface area (Å²) in [4.78, 5) is 11.9. The third-order valence-corrected chi connectivity index (χ3v) is 3.36. The molecule has 0 fully saturated rings.